The van der Waals surface area contributed by atoms with E-state index in [4.69, 9.17) is 5.11 Å². The Bertz CT molecular complexity index is 482. The van der Waals surface area contributed by atoms with Gasteiger partial charge >= 0.3 is 0 Å². The second kappa shape index (κ2) is 8.39. The van der Waals surface area contributed by atoms with E-state index in [-0.39, 0.29) is 11.5 Å². The Kier molecular flexibility index (Phi) is 7.19. The first-order valence-corrected chi connectivity index (χ1v) is 8.71. The third-order valence-corrected chi connectivity index (χ3v) is 4.96. The summed E-state index contributed by atoms with van der Waals surface area (Å²) < 4.78 is 27.0. The zero-order valence-electron chi connectivity index (χ0n) is 12.3. The standard InChI is InChI=1S/C15H25NO3S/c1-3-5-6-13(4-2)11-16-20(18,19)15-9-7-14(12-17)8-10-15/h7-10,13,16-17H,3-6,11-12H2,1-2H3. The van der Waals surface area contributed by atoms with Gasteiger partial charge in [-0.15, -0.1) is 0 Å². The maximum Gasteiger partial charge on any atom is 0.240 e. The summed E-state index contributed by atoms with van der Waals surface area (Å²) in [6.07, 6.45) is 4.29. The molecule has 0 aliphatic carbocycles. The van der Waals surface area contributed by atoms with Gasteiger partial charge in [-0.1, -0.05) is 45.2 Å². The van der Waals surface area contributed by atoms with Gasteiger partial charge in [0.05, 0.1) is 11.5 Å². The highest BCUT2D eigenvalue weighted by Crippen LogP contribution is 2.14. The highest BCUT2D eigenvalue weighted by molar-refractivity contribution is 7.89. The molecule has 2 N–H and O–H groups in total. The topological polar surface area (TPSA) is 66.4 Å². The first-order valence-electron chi connectivity index (χ1n) is 7.23. The van der Waals surface area contributed by atoms with E-state index >= 15 is 0 Å². The molecule has 0 bridgehead atoms. The molecule has 1 aromatic carbocycles. The van der Waals surface area contributed by atoms with E-state index in [2.05, 4.69) is 18.6 Å². The maximum absolute atomic E-state index is 12.2. The fraction of sp³-hybridized carbons (Fsp3) is 0.600. The molecule has 4 nitrogen and oxygen atoms in total. The first-order chi connectivity index (χ1) is 9.53. The second-order valence-electron chi connectivity index (χ2n) is 5.07. The van der Waals surface area contributed by atoms with E-state index in [1.54, 1.807) is 12.1 Å². The zero-order chi connectivity index (χ0) is 15.0. The van der Waals surface area contributed by atoms with Crippen molar-refractivity contribution in [2.45, 2.75) is 51.0 Å². The molecule has 20 heavy (non-hydrogen) atoms. The van der Waals surface area contributed by atoms with E-state index in [0.717, 1.165) is 25.7 Å². The minimum Gasteiger partial charge on any atom is -0.392 e. The van der Waals surface area contributed by atoms with Crippen LogP contribution in [0.3, 0.4) is 0 Å². The van der Waals surface area contributed by atoms with Crippen LogP contribution in [0.5, 0.6) is 0 Å². The monoisotopic (exact) mass is 299 g/mol. The van der Waals surface area contributed by atoms with Crippen LogP contribution in [0.1, 0.15) is 45.1 Å². The van der Waals surface area contributed by atoms with E-state index in [1.807, 2.05) is 0 Å². The summed E-state index contributed by atoms with van der Waals surface area (Å²) in [6, 6.07) is 6.31. The van der Waals surface area contributed by atoms with Gasteiger partial charge in [-0.2, -0.15) is 0 Å². The molecule has 1 unspecified atom stereocenters. The van der Waals surface area contributed by atoms with Gasteiger partial charge in [0, 0.05) is 6.54 Å². The predicted octanol–water partition coefficient (Wildman–Crippen LogP) is 2.67. The van der Waals surface area contributed by atoms with Gasteiger partial charge in [0.25, 0.3) is 0 Å². The fourth-order valence-corrected chi connectivity index (χ4v) is 3.14. The Morgan fingerprint density at radius 2 is 1.85 bits per heavy atom. The molecular weight excluding hydrogens is 274 g/mol. The van der Waals surface area contributed by atoms with E-state index in [0.29, 0.717) is 18.0 Å². The smallest absolute Gasteiger partial charge is 0.240 e. The molecule has 0 fully saturated rings. The average molecular weight is 299 g/mol. The summed E-state index contributed by atoms with van der Waals surface area (Å²) in [5, 5.41) is 8.96. The number of nitrogens with one attached hydrogen (secondary N) is 1. The van der Waals surface area contributed by atoms with Crippen molar-refractivity contribution < 1.29 is 13.5 Å². The Morgan fingerprint density at radius 1 is 1.20 bits per heavy atom. The molecule has 1 aromatic rings. The number of hydrogen-bond acceptors (Lipinski definition) is 3. The SMILES string of the molecule is CCCCC(CC)CNS(=O)(=O)c1ccc(CO)cc1. The van der Waals surface area contributed by atoms with Crippen molar-refractivity contribution in [3.8, 4) is 0 Å². The average Bonchev–Trinajstić information content (AvgIpc) is 2.47. The Labute approximate surface area is 122 Å². The molecule has 0 aliphatic rings. The lowest BCUT2D eigenvalue weighted by atomic mass is 10.00. The molecule has 0 saturated heterocycles. The molecule has 1 atom stereocenters. The molecule has 0 radical (unpaired) electrons. The lowest BCUT2D eigenvalue weighted by Gasteiger charge is -2.15. The number of rotatable bonds is 9. The maximum atomic E-state index is 12.2. The number of hydrogen-bond donors (Lipinski definition) is 2. The highest BCUT2D eigenvalue weighted by Gasteiger charge is 2.15. The van der Waals surface area contributed by atoms with Gasteiger partial charge in [-0.25, -0.2) is 13.1 Å². The van der Waals surface area contributed by atoms with Gasteiger partial charge in [0.15, 0.2) is 0 Å². The summed E-state index contributed by atoms with van der Waals surface area (Å²) in [7, 11) is -3.45. The third-order valence-electron chi connectivity index (χ3n) is 3.52. The number of aliphatic hydroxyl groups excluding tert-OH is 1. The van der Waals surface area contributed by atoms with Crippen molar-refractivity contribution in [1.29, 1.82) is 0 Å². The van der Waals surface area contributed by atoms with E-state index in [1.165, 1.54) is 12.1 Å². The minimum absolute atomic E-state index is 0.0807. The Morgan fingerprint density at radius 3 is 2.35 bits per heavy atom. The lowest BCUT2D eigenvalue weighted by Crippen LogP contribution is -2.29. The van der Waals surface area contributed by atoms with Crippen molar-refractivity contribution in [3.63, 3.8) is 0 Å². The van der Waals surface area contributed by atoms with Crippen LogP contribution in [0.15, 0.2) is 29.2 Å². The van der Waals surface area contributed by atoms with Crippen LogP contribution in [0.2, 0.25) is 0 Å². The minimum atomic E-state index is -3.45. The van der Waals surface area contributed by atoms with Crippen LogP contribution in [0.25, 0.3) is 0 Å². The molecule has 0 saturated carbocycles. The molecular formula is C15H25NO3S. The second-order valence-corrected chi connectivity index (χ2v) is 6.84. The number of unbranched alkanes of at least 4 members (excludes halogenated alkanes) is 1. The molecule has 5 heteroatoms. The zero-order valence-corrected chi connectivity index (χ0v) is 13.1. The summed E-state index contributed by atoms with van der Waals surface area (Å²) in [5.41, 5.74) is 0.707. The quantitative estimate of drug-likeness (QED) is 0.736. The van der Waals surface area contributed by atoms with Crippen LogP contribution in [-0.4, -0.2) is 20.1 Å². The van der Waals surface area contributed by atoms with Gasteiger partial charge in [0.1, 0.15) is 0 Å². The summed E-state index contributed by atoms with van der Waals surface area (Å²) in [6.45, 7) is 4.63. The van der Waals surface area contributed by atoms with Crippen molar-refractivity contribution in [1.82, 2.24) is 4.72 Å². The summed E-state index contributed by atoms with van der Waals surface area (Å²) >= 11 is 0. The van der Waals surface area contributed by atoms with Crippen molar-refractivity contribution in [2.75, 3.05) is 6.54 Å². The van der Waals surface area contributed by atoms with E-state index in [9.17, 15) is 8.42 Å². The Balaban J connectivity index is 2.63. The molecule has 0 spiro atoms. The highest BCUT2D eigenvalue weighted by atomic mass is 32.2. The predicted molar refractivity (Wildman–Crippen MR) is 80.9 cm³/mol. The van der Waals surface area contributed by atoms with Crippen LogP contribution in [0.4, 0.5) is 0 Å². The lowest BCUT2D eigenvalue weighted by molar-refractivity contribution is 0.282. The van der Waals surface area contributed by atoms with Crippen LogP contribution < -0.4 is 4.72 Å². The molecule has 0 amide bonds. The number of aliphatic hydroxyl groups is 1. The molecule has 1 rings (SSSR count). The van der Waals surface area contributed by atoms with Crippen molar-refractivity contribution >= 4 is 10.0 Å². The summed E-state index contributed by atoms with van der Waals surface area (Å²) in [5.74, 6) is 0.390. The molecule has 0 aliphatic heterocycles. The fourth-order valence-electron chi connectivity index (χ4n) is 2.03. The number of benzene rings is 1. The van der Waals surface area contributed by atoms with Crippen molar-refractivity contribution in [2.24, 2.45) is 5.92 Å². The van der Waals surface area contributed by atoms with Crippen molar-refractivity contribution in [3.05, 3.63) is 29.8 Å². The van der Waals surface area contributed by atoms with Crippen LogP contribution in [0, 0.1) is 5.92 Å². The van der Waals surface area contributed by atoms with Crippen LogP contribution in [-0.2, 0) is 16.6 Å². The summed E-state index contributed by atoms with van der Waals surface area (Å²) in [4.78, 5) is 0.250. The van der Waals surface area contributed by atoms with Crippen LogP contribution >= 0.6 is 0 Å². The first kappa shape index (κ1) is 17.1. The Hall–Kier alpha value is -0.910. The molecule has 0 aromatic heterocycles. The van der Waals surface area contributed by atoms with Gasteiger partial charge < -0.3 is 5.11 Å². The number of sulfonamides is 1. The molecule has 114 valence electrons. The van der Waals surface area contributed by atoms with Gasteiger partial charge in [-0.05, 0) is 30.0 Å². The van der Waals surface area contributed by atoms with Gasteiger partial charge in [0.2, 0.25) is 10.0 Å². The largest absolute Gasteiger partial charge is 0.392 e. The van der Waals surface area contributed by atoms with E-state index < -0.39 is 10.0 Å². The van der Waals surface area contributed by atoms with Gasteiger partial charge in [-0.3, -0.25) is 0 Å². The normalized spacial score (nSPS) is 13.3. The molecule has 0 heterocycles. The third kappa shape index (κ3) is 5.23.